The van der Waals surface area contributed by atoms with Gasteiger partial charge >= 0.3 is 0 Å². The van der Waals surface area contributed by atoms with E-state index in [1.807, 2.05) is 13.0 Å². The molecule has 0 heterocycles. The standard InChI is InChI=1S/C14H19FO2/c1-9-6-7-12(14(3,4)15)13(17-5)11(9)8-10(2)16/h6-7H,8H2,1-5H3. The number of rotatable bonds is 4. The molecule has 0 amide bonds. The molecule has 17 heavy (non-hydrogen) atoms. The van der Waals surface area contributed by atoms with Crippen molar-refractivity contribution in [1.29, 1.82) is 0 Å². The van der Waals surface area contributed by atoms with Gasteiger partial charge in [-0.1, -0.05) is 12.1 Å². The van der Waals surface area contributed by atoms with Crippen LogP contribution in [0.4, 0.5) is 4.39 Å². The number of aryl methyl sites for hydroxylation is 1. The molecule has 0 radical (unpaired) electrons. The predicted octanol–water partition coefficient (Wildman–Crippen LogP) is 3.34. The van der Waals surface area contributed by atoms with Crippen molar-refractivity contribution in [2.24, 2.45) is 0 Å². The number of hydrogen-bond acceptors (Lipinski definition) is 2. The third-order valence-electron chi connectivity index (χ3n) is 2.77. The second-order valence-electron chi connectivity index (χ2n) is 4.79. The first-order chi connectivity index (χ1) is 7.77. The largest absolute Gasteiger partial charge is 0.496 e. The highest BCUT2D eigenvalue weighted by Crippen LogP contribution is 2.36. The Balaban J connectivity index is 3.41. The number of carbonyl (C=O) groups is 1. The smallest absolute Gasteiger partial charge is 0.134 e. The van der Waals surface area contributed by atoms with Crippen molar-refractivity contribution in [3.63, 3.8) is 0 Å². The quantitative estimate of drug-likeness (QED) is 0.804. The minimum atomic E-state index is -1.48. The van der Waals surface area contributed by atoms with Gasteiger partial charge in [0.1, 0.15) is 17.2 Å². The van der Waals surface area contributed by atoms with Gasteiger partial charge in [0.2, 0.25) is 0 Å². The molecule has 1 aromatic rings. The van der Waals surface area contributed by atoms with E-state index in [4.69, 9.17) is 4.74 Å². The number of carbonyl (C=O) groups excluding carboxylic acids is 1. The van der Waals surface area contributed by atoms with E-state index in [2.05, 4.69) is 0 Å². The molecule has 0 aliphatic carbocycles. The molecule has 0 N–H and O–H groups in total. The van der Waals surface area contributed by atoms with E-state index in [0.29, 0.717) is 11.3 Å². The Morgan fingerprint density at radius 3 is 2.41 bits per heavy atom. The van der Waals surface area contributed by atoms with Crippen molar-refractivity contribution in [1.82, 2.24) is 0 Å². The van der Waals surface area contributed by atoms with Gasteiger partial charge in [0, 0.05) is 17.5 Å². The molecule has 2 nitrogen and oxygen atoms in total. The monoisotopic (exact) mass is 238 g/mol. The fraction of sp³-hybridized carbons (Fsp3) is 0.500. The Hall–Kier alpha value is -1.38. The Bertz CT molecular complexity index is 431. The van der Waals surface area contributed by atoms with Crippen LogP contribution < -0.4 is 4.74 Å². The fourth-order valence-electron chi connectivity index (χ4n) is 1.90. The van der Waals surface area contributed by atoms with Crippen LogP contribution in [0.1, 0.15) is 37.5 Å². The average Bonchev–Trinajstić information content (AvgIpc) is 2.18. The molecule has 0 saturated carbocycles. The lowest BCUT2D eigenvalue weighted by Crippen LogP contribution is -2.14. The first kappa shape index (κ1) is 13.7. The fourth-order valence-corrected chi connectivity index (χ4v) is 1.90. The van der Waals surface area contributed by atoms with E-state index >= 15 is 0 Å². The zero-order valence-electron chi connectivity index (χ0n) is 11.1. The number of benzene rings is 1. The number of hydrogen-bond donors (Lipinski definition) is 0. The summed E-state index contributed by atoms with van der Waals surface area (Å²) in [6.07, 6.45) is 0.277. The summed E-state index contributed by atoms with van der Waals surface area (Å²) in [5.41, 5.74) is 0.736. The van der Waals surface area contributed by atoms with Crippen LogP contribution in [-0.2, 0) is 16.9 Å². The molecule has 94 valence electrons. The lowest BCUT2D eigenvalue weighted by Gasteiger charge is -2.21. The van der Waals surface area contributed by atoms with Crippen LogP contribution in [0.15, 0.2) is 12.1 Å². The maximum absolute atomic E-state index is 14.1. The van der Waals surface area contributed by atoms with E-state index in [9.17, 15) is 9.18 Å². The van der Waals surface area contributed by atoms with Gasteiger partial charge in [0.15, 0.2) is 0 Å². The summed E-state index contributed by atoms with van der Waals surface area (Å²) in [5.74, 6) is 0.535. The molecular formula is C14H19FO2. The van der Waals surface area contributed by atoms with Gasteiger partial charge in [-0.2, -0.15) is 0 Å². The van der Waals surface area contributed by atoms with Gasteiger partial charge in [-0.25, -0.2) is 4.39 Å². The van der Waals surface area contributed by atoms with Crippen molar-refractivity contribution < 1.29 is 13.9 Å². The van der Waals surface area contributed by atoms with E-state index < -0.39 is 5.67 Å². The van der Waals surface area contributed by atoms with Crippen molar-refractivity contribution in [3.8, 4) is 5.75 Å². The Kier molecular flexibility index (Phi) is 3.91. The van der Waals surface area contributed by atoms with Crippen LogP contribution in [0.3, 0.4) is 0 Å². The highest BCUT2D eigenvalue weighted by atomic mass is 19.1. The van der Waals surface area contributed by atoms with Gasteiger partial charge in [-0.3, -0.25) is 4.79 Å². The summed E-state index contributed by atoms with van der Waals surface area (Å²) in [4.78, 5) is 11.2. The maximum Gasteiger partial charge on any atom is 0.134 e. The van der Waals surface area contributed by atoms with Gasteiger partial charge in [-0.15, -0.1) is 0 Å². The van der Waals surface area contributed by atoms with E-state index in [1.54, 1.807) is 6.07 Å². The van der Waals surface area contributed by atoms with Crippen LogP contribution in [-0.4, -0.2) is 12.9 Å². The summed E-state index contributed by atoms with van der Waals surface area (Å²) in [6.45, 7) is 6.39. The number of ketones is 1. The van der Waals surface area contributed by atoms with Gasteiger partial charge in [-0.05, 0) is 33.3 Å². The Labute approximate surface area is 102 Å². The molecule has 0 atom stereocenters. The molecule has 1 rings (SSSR count). The summed E-state index contributed by atoms with van der Waals surface area (Å²) < 4.78 is 19.3. The lowest BCUT2D eigenvalue weighted by molar-refractivity contribution is -0.116. The minimum Gasteiger partial charge on any atom is -0.496 e. The molecule has 3 heteroatoms. The van der Waals surface area contributed by atoms with Crippen molar-refractivity contribution in [2.45, 2.75) is 39.8 Å². The number of methoxy groups -OCH3 is 1. The zero-order valence-corrected chi connectivity index (χ0v) is 11.1. The van der Waals surface area contributed by atoms with Gasteiger partial charge in [0.05, 0.1) is 7.11 Å². The number of alkyl halides is 1. The van der Waals surface area contributed by atoms with Crippen LogP contribution in [0.25, 0.3) is 0 Å². The molecular weight excluding hydrogens is 219 g/mol. The van der Waals surface area contributed by atoms with E-state index in [-0.39, 0.29) is 12.2 Å². The number of halogens is 1. The minimum absolute atomic E-state index is 0.0419. The van der Waals surface area contributed by atoms with Crippen molar-refractivity contribution in [2.75, 3.05) is 7.11 Å². The highest BCUT2D eigenvalue weighted by Gasteiger charge is 2.26. The third-order valence-corrected chi connectivity index (χ3v) is 2.77. The normalized spacial score (nSPS) is 11.4. The molecule has 0 aromatic heterocycles. The molecule has 1 aromatic carbocycles. The summed E-state index contributed by atoms with van der Waals surface area (Å²) in [7, 11) is 1.51. The number of Topliss-reactive ketones (excluding diaryl/α,β-unsaturated/α-hetero) is 1. The first-order valence-corrected chi connectivity index (χ1v) is 5.62. The molecule has 0 unspecified atom stereocenters. The van der Waals surface area contributed by atoms with Gasteiger partial charge in [0.25, 0.3) is 0 Å². The predicted molar refractivity (Wildman–Crippen MR) is 66.3 cm³/mol. The topological polar surface area (TPSA) is 26.3 Å². The van der Waals surface area contributed by atoms with Crippen LogP contribution in [0.5, 0.6) is 5.75 Å². The molecule has 0 spiro atoms. The number of ether oxygens (including phenoxy) is 1. The molecule has 0 fully saturated rings. The SMILES string of the molecule is COc1c(C(C)(C)F)ccc(C)c1CC(C)=O. The second kappa shape index (κ2) is 4.86. The van der Waals surface area contributed by atoms with Crippen molar-refractivity contribution >= 4 is 5.78 Å². The molecule has 0 saturated heterocycles. The van der Waals surface area contributed by atoms with E-state index in [0.717, 1.165) is 11.1 Å². The molecule has 0 aliphatic heterocycles. The highest BCUT2D eigenvalue weighted by molar-refractivity contribution is 5.79. The second-order valence-corrected chi connectivity index (χ2v) is 4.79. The Morgan fingerprint density at radius 2 is 2.00 bits per heavy atom. The van der Waals surface area contributed by atoms with Crippen molar-refractivity contribution in [3.05, 3.63) is 28.8 Å². The molecule has 0 aliphatic rings. The average molecular weight is 238 g/mol. The lowest BCUT2D eigenvalue weighted by atomic mass is 9.92. The Morgan fingerprint density at radius 1 is 1.41 bits per heavy atom. The van der Waals surface area contributed by atoms with Gasteiger partial charge < -0.3 is 4.74 Å². The first-order valence-electron chi connectivity index (χ1n) is 5.62. The third kappa shape index (κ3) is 3.05. The van der Waals surface area contributed by atoms with Crippen LogP contribution >= 0.6 is 0 Å². The summed E-state index contributed by atoms with van der Waals surface area (Å²) >= 11 is 0. The van der Waals surface area contributed by atoms with E-state index in [1.165, 1.54) is 27.9 Å². The molecule has 0 bridgehead atoms. The summed E-state index contributed by atoms with van der Waals surface area (Å²) in [5, 5.41) is 0. The zero-order chi connectivity index (χ0) is 13.2. The maximum atomic E-state index is 14.1. The van der Waals surface area contributed by atoms with Crippen LogP contribution in [0.2, 0.25) is 0 Å². The summed E-state index contributed by atoms with van der Waals surface area (Å²) in [6, 6.07) is 3.55. The van der Waals surface area contributed by atoms with Crippen LogP contribution in [0, 0.1) is 6.92 Å².